The number of para-hydroxylation sites is 1. The molecule has 4 heteroatoms. The number of hydrogen-bond acceptors (Lipinski definition) is 2. The average molecular weight is 427 g/mol. The normalized spacial score (nSPS) is 11.0. The van der Waals surface area contributed by atoms with Gasteiger partial charge in [-0.2, -0.15) is 0 Å². The van der Waals surface area contributed by atoms with Gasteiger partial charge in [0.2, 0.25) is 0 Å². The highest BCUT2D eigenvalue weighted by atomic mass is 19.1. The molecule has 1 heterocycles. The SMILES string of the molecule is CCc1cccc(CC)c1NC(=O)c1cc(-c2ccc(F)cc2)nc2c(C)cc(C)cc12. The predicted molar refractivity (Wildman–Crippen MR) is 130 cm³/mol. The summed E-state index contributed by atoms with van der Waals surface area (Å²) in [5.74, 6) is -0.469. The van der Waals surface area contributed by atoms with Gasteiger partial charge >= 0.3 is 0 Å². The Morgan fingerprint density at radius 1 is 0.938 bits per heavy atom. The average Bonchev–Trinajstić information content (AvgIpc) is 2.79. The van der Waals surface area contributed by atoms with E-state index in [1.807, 2.05) is 32.0 Å². The highest BCUT2D eigenvalue weighted by Crippen LogP contribution is 2.30. The molecule has 1 amide bonds. The molecule has 4 aromatic rings. The zero-order chi connectivity index (χ0) is 22.8. The lowest BCUT2D eigenvalue weighted by Gasteiger charge is -2.16. The summed E-state index contributed by atoms with van der Waals surface area (Å²) >= 11 is 0. The Bertz CT molecular complexity index is 1290. The molecule has 0 aliphatic rings. The first-order valence-corrected chi connectivity index (χ1v) is 11.0. The van der Waals surface area contributed by atoms with Crippen molar-refractivity contribution in [3.05, 3.63) is 94.3 Å². The summed E-state index contributed by atoms with van der Waals surface area (Å²) in [7, 11) is 0. The van der Waals surface area contributed by atoms with Gasteiger partial charge in [-0.1, -0.05) is 43.7 Å². The number of halogens is 1. The zero-order valence-electron chi connectivity index (χ0n) is 18.9. The highest BCUT2D eigenvalue weighted by molar-refractivity contribution is 6.14. The molecule has 0 saturated carbocycles. The van der Waals surface area contributed by atoms with E-state index < -0.39 is 0 Å². The summed E-state index contributed by atoms with van der Waals surface area (Å²) in [6, 6.07) is 18.2. The fraction of sp³-hybridized carbons (Fsp3) is 0.214. The van der Waals surface area contributed by atoms with Crippen LogP contribution in [0, 0.1) is 19.7 Å². The molecule has 1 aromatic heterocycles. The quantitative estimate of drug-likeness (QED) is 0.372. The Balaban J connectivity index is 1.89. The number of rotatable bonds is 5. The third-order valence-corrected chi connectivity index (χ3v) is 5.87. The number of aryl methyl sites for hydroxylation is 4. The predicted octanol–water partition coefficient (Wildman–Crippen LogP) is 7.03. The number of pyridine rings is 1. The Hall–Kier alpha value is -3.53. The van der Waals surface area contributed by atoms with Crippen molar-refractivity contribution in [3.8, 4) is 11.3 Å². The number of hydrogen-bond donors (Lipinski definition) is 1. The summed E-state index contributed by atoms with van der Waals surface area (Å²) < 4.78 is 13.5. The molecule has 3 nitrogen and oxygen atoms in total. The minimum Gasteiger partial charge on any atom is -0.321 e. The highest BCUT2D eigenvalue weighted by Gasteiger charge is 2.18. The van der Waals surface area contributed by atoms with E-state index in [4.69, 9.17) is 4.98 Å². The van der Waals surface area contributed by atoms with E-state index in [2.05, 4.69) is 37.4 Å². The molecule has 0 aliphatic carbocycles. The Morgan fingerprint density at radius 3 is 2.22 bits per heavy atom. The van der Waals surface area contributed by atoms with E-state index in [9.17, 15) is 9.18 Å². The van der Waals surface area contributed by atoms with Crippen molar-refractivity contribution in [3.63, 3.8) is 0 Å². The van der Waals surface area contributed by atoms with Crippen LogP contribution < -0.4 is 5.32 Å². The van der Waals surface area contributed by atoms with E-state index in [0.29, 0.717) is 11.3 Å². The van der Waals surface area contributed by atoms with E-state index in [1.54, 1.807) is 12.1 Å². The fourth-order valence-electron chi connectivity index (χ4n) is 4.22. The number of carbonyl (C=O) groups is 1. The van der Waals surface area contributed by atoms with E-state index >= 15 is 0 Å². The number of carbonyl (C=O) groups excluding carboxylic acids is 1. The smallest absolute Gasteiger partial charge is 0.256 e. The van der Waals surface area contributed by atoms with Crippen LogP contribution in [-0.2, 0) is 12.8 Å². The molecule has 162 valence electrons. The molecule has 0 atom stereocenters. The molecule has 32 heavy (non-hydrogen) atoms. The molecule has 0 unspecified atom stereocenters. The van der Waals surface area contributed by atoms with Gasteiger partial charge in [-0.3, -0.25) is 4.79 Å². The van der Waals surface area contributed by atoms with Crippen molar-refractivity contribution in [1.82, 2.24) is 4.98 Å². The summed E-state index contributed by atoms with van der Waals surface area (Å²) in [4.78, 5) is 18.5. The third kappa shape index (κ3) is 4.13. The molecule has 0 fully saturated rings. The lowest BCUT2D eigenvalue weighted by Crippen LogP contribution is -2.16. The number of nitrogens with one attached hydrogen (secondary N) is 1. The first-order valence-electron chi connectivity index (χ1n) is 11.0. The monoisotopic (exact) mass is 426 g/mol. The number of fused-ring (bicyclic) bond motifs is 1. The molecule has 4 rings (SSSR count). The standard InChI is InChI=1S/C28H27FN2O/c1-5-19-8-7-9-20(6-2)27(19)31-28(32)24-16-25(21-10-12-22(29)13-11-21)30-26-18(4)14-17(3)15-23(24)26/h7-16H,5-6H2,1-4H3,(H,31,32). The Kier molecular flexibility index (Phi) is 6.04. The van der Waals surface area contributed by atoms with Gasteiger partial charge in [0.25, 0.3) is 5.91 Å². The summed E-state index contributed by atoms with van der Waals surface area (Å²) in [5, 5.41) is 4.01. The van der Waals surface area contributed by atoms with E-state index in [1.165, 1.54) is 12.1 Å². The van der Waals surface area contributed by atoms with Gasteiger partial charge in [0.1, 0.15) is 5.82 Å². The van der Waals surface area contributed by atoms with Crippen molar-refractivity contribution in [2.24, 2.45) is 0 Å². The van der Waals surface area contributed by atoms with E-state index in [-0.39, 0.29) is 11.7 Å². The number of aromatic nitrogens is 1. The van der Waals surface area contributed by atoms with Gasteiger partial charge in [-0.05, 0) is 79.8 Å². The second-order valence-electron chi connectivity index (χ2n) is 8.15. The van der Waals surface area contributed by atoms with E-state index in [0.717, 1.165) is 57.2 Å². The van der Waals surface area contributed by atoms with Crippen molar-refractivity contribution in [2.45, 2.75) is 40.5 Å². The molecular formula is C28H27FN2O. The number of benzene rings is 3. The second kappa shape index (κ2) is 8.91. The topological polar surface area (TPSA) is 42.0 Å². The van der Waals surface area contributed by atoms with Crippen molar-refractivity contribution in [1.29, 1.82) is 0 Å². The van der Waals surface area contributed by atoms with Crippen molar-refractivity contribution >= 4 is 22.5 Å². The van der Waals surface area contributed by atoms with Gasteiger partial charge in [0, 0.05) is 16.6 Å². The summed E-state index contributed by atoms with van der Waals surface area (Å²) in [5.41, 5.74) is 7.95. The number of nitrogens with zero attached hydrogens (tertiary/aromatic N) is 1. The molecule has 0 radical (unpaired) electrons. The summed E-state index contributed by atoms with van der Waals surface area (Å²) in [6.45, 7) is 8.20. The molecular weight excluding hydrogens is 399 g/mol. The number of anilines is 1. The minimum absolute atomic E-state index is 0.165. The van der Waals surface area contributed by atoms with Crippen LogP contribution in [0.5, 0.6) is 0 Å². The third-order valence-electron chi connectivity index (χ3n) is 5.87. The van der Waals surface area contributed by atoms with Crippen LogP contribution in [0.15, 0.2) is 60.7 Å². The minimum atomic E-state index is -0.303. The Morgan fingerprint density at radius 2 is 1.59 bits per heavy atom. The molecule has 1 N–H and O–H groups in total. The maximum atomic E-state index is 13.6. The fourth-order valence-corrected chi connectivity index (χ4v) is 4.22. The first kappa shape index (κ1) is 21.7. The van der Waals surface area contributed by atoms with Gasteiger partial charge in [0.05, 0.1) is 16.8 Å². The number of amides is 1. The van der Waals surface area contributed by atoms with Crippen molar-refractivity contribution < 1.29 is 9.18 Å². The van der Waals surface area contributed by atoms with Crippen LogP contribution >= 0.6 is 0 Å². The van der Waals surface area contributed by atoms with Gasteiger partial charge in [0.15, 0.2) is 0 Å². The zero-order valence-corrected chi connectivity index (χ0v) is 18.9. The molecule has 0 aliphatic heterocycles. The van der Waals surface area contributed by atoms with Crippen molar-refractivity contribution in [2.75, 3.05) is 5.32 Å². The van der Waals surface area contributed by atoms with Crippen LogP contribution in [-0.4, -0.2) is 10.9 Å². The van der Waals surface area contributed by atoms with Crippen LogP contribution in [0.3, 0.4) is 0 Å². The second-order valence-corrected chi connectivity index (χ2v) is 8.15. The van der Waals surface area contributed by atoms with Crippen LogP contribution in [0.25, 0.3) is 22.2 Å². The van der Waals surface area contributed by atoms with Crippen LogP contribution in [0.1, 0.15) is 46.5 Å². The molecule has 0 spiro atoms. The van der Waals surface area contributed by atoms with Gasteiger partial charge in [-0.25, -0.2) is 9.37 Å². The van der Waals surface area contributed by atoms with Crippen LogP contribution in [0.2, 0.25) is 0 Å². The Labute approximate surface area is 188 Å². The molecule has 3 aromatic carbocycles. The van der Waals surface area contributed by atoms with Crippen LogP contribution in [0.4, 0.5) is 10.1 Å². The summed E-state index contributed by atoms with van der Waals surface area (Å²) in [6.07, 6.45) is 1.67. The van der Waals surface area contributed by atoms with Gasteiger partial charge in [-0.15, -0.1) is 0 Å². The maximum absolute atomic E-state index is 13.6. The molecule has 0 bridgehead atoms. The lowest BCUT2D eigenvalue weighted by atomic mass is 9.98. The largest absolute Gasteiger partial charge is 0.321 e. The lowest BCUT2D eigenvalue weighted by molar-refractivity contribution is 0.102. The molecule has 0 saturated heterocycles. The maximum Gasteiger partial charge on any atom is 0.256 e. The first-order chi connectivity index (χ1) is 15.4. The van der Waals surface area contributed by atoms with Gasteiger partial charge < -0.3 is 5.32 Å².